The molecule has 14 heavy (non-hydrogen) atoms. The van der Waals surface area contributed by atoms with Crippen LogP contribution in [0.3, 0.4) is 0 Å². The minimum absolute atomic E-state index is 0.466. The minimum Gasteiger partial charge on any atom is -0.389 e. The molecule has 1 saturated carbocycles. The van der Waals surface area contributed by atoms with E-state index >= 15 is 0 Å². The zero-order chi connectivity index (χ0) is 9.86. The Bertz CT molecular complexity index is 265. The Hall–Kier alpha value is -0.870. The lowest BCUT2D eigenvalue weighted by Crippen LogP contribution is -2.37. The number of hydrogen-bond acceptors (Lipinski definition) is 3. The van der Waals surface area contributed by atoms with Crippen molar-refractivity contribution in [2.75, 3.05) is 6.54 Å². The van der Waals surface area contributed by atoms with Crippen molar-refractivity contribution in [2.24, 2.45) is 0 Å². The normalized spacial score (nSPS) is 20.1. The highest BCUT2D eigenvalue weighted by atomic mass is 16.3. The van der Waals surface area contributed by atoms with Crippen molar-refractivity contribution in [3.63, 3.8) is 0 Å². The number of nitrogens with zero attached hydrogens (tertiary/aromatic N) is 1. The van der Waals surface area contributed by atoms with Gasteiger partial charge >= 0.3 is 0 Å². The molecule has 0 spiro atoms. The van der Waals surface area contributed by atoms with Crippen LogP contribution in [0.4, 0.5) is 0 Å². The molecule has 0 amide bonds. The highest BCUT2D eigenvalue weighted by Crippen LogP contribution is 2.28. The second kappa shape index (κ2) is 4.11. The average molecular weight is 195 g/mol. The van der Waals surface area contributed by atoms with E-state index in [9.17, 15) is 5.11 Å². The molecule has 0 aliphatic heterocycles. The van der Waals surface area contributed by atoms with Crippen molar-refractivity contribution >= 4 is 0 Å². The first kappa shape index (κ1) is 9.68. The lowest BCUT2D eigenvalue weighted by molar-refractivity contribution is 0.0473. The zero-order valence-electron chi connectivity index (χ0n) is 8.29. The van der Waals surface area contributed by atoms with Crippen LogP contribution < -0.4 is 5.32 Å². The van der Waals surface area contributed by atoms with Crippen LogP contribution in [0.5, 0.6) is 0 Å². The maximum Gasteiger partial charge on any atom is 0.120 e. The Morgan fingerprint density at radius 3 is 2.93 bits per heavy atom. The van der Waals surface area contributed by atoms with Crippen molar-refractivity contribution in [3.8, 4) is 0 Å². The molecule has 0 radical (unpaired) electrons. The lowest BCUT2D eigenvalue weighted by atomic mass is 10.0. The first-order valence-corrected chi connectivity index (χ1v) is 5.20. The monoisotopic (exact) mass is 195 g/mol. The molecule has 1 fully saturated rings. The number of hydrogen-bond donors (Lipinski definition) is 3. The summed E-state index contributed by atoms with van der Waals surface area (Å²) in [5.41, 5.74) is -0.466. The number of rotatable bonds is 4. The molecular weight excluding hydrogens is 178 g/mol. The van der Waals surface area contributed by atoms with Gasteiger partial charge in [-0.05, 0) is 12.8 Å². The summed E-state index contributed by atoms with van der Waals surface area (Å²) in [7, 11) is 0. The standard InChI is InChI=1S/C10H17N3O/c14-10(3-1-2-4-10)8-11-7-9-12-5-6-13-9/h5-6,11,14H,1-4,7-8H2,(H,12,13). The smallest absolute Gasteiger partial charge is 0.120 e. The fraction of sp³-hybridized carbons (Fsp3) is 0.700. The molecule has 1 aliphatic carbocycles. The van der Waals surface area contributed by atoms with Crippen molar-refractivity contribution in [1.29, 1.82) is 0 Å². The third-order valence-corrected chi connectivity index (χ3v) is 2.84. The van der Waals surface area contributed by atoms with E-state index in [0.29, 0.717) is 13.1 Å². The molecule has 0 saturated heterocycles. The number of aliphatic hydroxyl groups is 1. The summed E-state index contributed by atoms with van der Waals surface area (Å²) < 4.78 is 0. The Labute approximate surface area is 83.8 Å². The van der Waals surface area contributed by atoms with E-state index in [1.165, 1.54) is 0 Å². The molecule has 4 nitrogen and oxygen atoms in total. The summed E-state index contributed by atoms with van der Waals surface area (Å²) in [5.74, 6) is 0.923. The zero-order valence-corrected chi connectivity index (χ0v) is 8.29. The number of H-pyrrole nitrogens is 1. The Kier molecular flexibility index (Phi) is 2.84. The molecule has 2 rings (SSSR count). The van der Waals surface area contributed by atoms with Crippen molar-refractivity contribution in [3.05, 3.63) is 18.2 Å². The molecule has 4 heteroatoms. The van der Waals surface area contributed by atoms with Gasteiger partial charge in [0.2, 0.25) is 0 Å². The fourth-order valence-electron chi connectivity index (χ4n) is 2.02. The molecule has 3 N–H and O–H groups in total. The van der Waals surface area contributed by atoms with Gasteiger partial charge in [-0.25, -0.2) is 4.98 Å². The molecule has 78 valence electrons. The van der Waals surface area contributed by atoms with Gasteiger partial charge in [-0.3, -0.25) is 0 Å². The lowest BCUT2D eigenvalue weighted by Gasteiger charge is -2.21. The van der Waals surface area contributed by atoms with Crippen LogP contribution >= 0.6 is 0 Å². The number of imidazole rings is 1. The summed E-state index contributed by atoms with van der Waals surface area (Å²) in [6.45, 7) is 1.38. The first-order chi connectivity index (χ1) is 6.79. The third kappa shape index (κ3) is 2.33. The highest BCUT2D eigenvalue weighted by molar-refractivity contribution is 4.89. The largest absolute Gasteiger partial charge is 0.389 e. The van der Waals surface area contributed by atoms with E-state index in [1.54, 1.807) is 12.4 Å². The van der Waals surface area contributed by atoms with Gasteiger partial charge in [0.15, 0.2) is 0 Å². The number of aromatic amines is 1. The molecule has 0 bridgehead atoms. The maximum atomic E-state index is 10.0. The van der Waals surface area contributed by atoms with Crippen molar-refractivity contribution in [2.45, 2.75) is 37.8 Å². The van der Waals surface area contributed by atoms with Crippen LogP contribution in [0.1, 0.15) is 31.5 Å². The van der Waals surface area contributed by atoms with E-state index in [1.807, 2.05) is 0 Å². The SMILES string of the molecule is OC1(CNCc2ncc[nH]2)CCCC1. The van der Waals surface area contributed by atoms with E-state index in [0.717, 1.165) is 31.5 Å². The number of nitrogens with one attached hydrogen (secondary N) is 2. The molecule has 1 aromatic heterocycles. The summed E-state index contributed by atoms with van der Waals surface area (Å²) in [6, 6.07) is 0. The average Bonchev–Trinajstić information content (AvgIpc) is 2.77. The van der Waals surface area contributed by atoms with Crippen molar-refractivity contribution in [1.82, 2.24) is 15.3 Å². The van der Waals surface area contributed by atoms with E-state index in [4.69, 9.17) is 0 Å². The van der Waals surface area contributed by atoms with Crippen molar-refractivity contribution < 1.29 is 5.11 Å². The highest BCUT2D eigenvalue weighted by Gasteiger charge is 2.30. The van der Waals surface area contributed by atoms with Gasteiger partial charge in [-0.2, -0.15) is 0 Å². The van der Waals surface area contributed by atoms with Gasteiger partial charge in [0.25, 0.3) is 0 Å². The Morgan fingerprint density at radius 2 is 2.29 bits per heavy atom. The molecule has 1 heterocycles. The van der Waals surface area contributed by atoms with E-state index in [-0.39, 0.29) is 0 Å². The van der Waals surface area contributed by atoms with Gasteiger partial charge in [0.1, 0.15) is 5.82 Å². The predicted molar refractivity (Wildman–Crippen MR) is 53.7 cm³/mol. The summed E-state index contributed by atoms with van der Waals surface area (Å²) in [4.78, 5) is 7.12. The molecule has 1 aliphatic rings. The van der Waals surface area contributed by atoms with Crippen LogP contribution in [0.25, 0.3) is 0 Å². The van der Waals surface area contributed by atoms with E-state index < -0.39 is 5.60 Å². The summed E-state index contributed by atoms with van der Waals surface area (Å²) >= 11 is 0. The fourth-order valence-corrected chi connectivity index (χ4v) is 2.02. The molecule has 0 aromatic carbocycles. The van der Waals surface area contributed by atoms with Crippen LogP contribution in [0.15, 0.2) is 12.4 Å². The Morgan fingerprint density at radius 1 is 1.50 bits per heavy atom. The van der Waals surface area contributed by atoms with Gasteiger partial charge in [0.05, 0.1) is 12.1 Å². The molecular formula is C10H17N3O. The topological polar surface area (TPSA) is 60.9 Å². The summed E-state index contributed by atoms with van der Waals surface area (Å²) in [5, 5.41) is 13.3. The van der Waals surface area contributed by atoms with E-state index in [2.05, 4.69) is 15.3 Å². The third-order valence-electron chi connectivity index (χ3n) is 2.84. The number of aromatic nitrogens is 2. The molecule has 1 aromatic rings. The van der Waals surface area contributed by atoms with Crippen LogP contribution in [0, 0.1) is 0 Å². The van der Waals surface area contributed by atoms with Crippen LogP contribution in [0.2, 0.25) is 0 Å². The van der Waals surface area contributed by atoms with Gasteiger partial charge in [-0.15, -0.1) is 0 Å². The molecule has 0 unspecified atom stereocenters. The summed E-state index contributed by atoms with van der Waals surface area (Å²) in [6.07, 6.45) is 7.71. The van der Waals surface area contributed by atoms with Crippen LogP contribution in [-0.2, 0) is 6.54 Å². The first-order valence-electron chi connectivity index (χ1n) is 5.20. The quantitative estimate of drug-likeness (QED) is 0.666. The van der Waals surface area contributed by atoms with Gasteiger partial charge < -0.3 is 15.4 Å². The maximum absolute atomic E-state index is 10.0. The predicted octanol–water partition coefficient (Wildman–Crippen LogP) is 0.804. The minimum atomic E-state index is -0.466. The van der Waals surface area contributed by atoms with Crippen LogP contribution in [-0.4, -0.2) is 27.2 Å². The Balaban J connectivity index is 1.72. The second-order valence-corrected chi connectivity index (χ2v) is 4.07. The second-order valence-electron chi connectivity index (χ2n) is 4.07. The molecule has 0 atom stereocenters. The van der Waals surface area contributed by atoms with Gasteiger partial charge in [0, 0.05) is 18.9 Å². The van der Waals surface area contributed by atoms with Gasteiger partial charge in [-0.1, -0.05) is 12.8 Å².